The van der Waals surface area contributed by atoms with E-state index in [0.29, 0.717) is 36.9 Å². The van der Waals surface area contributed by atoms with E-state index in [1.807, 2.05) is 60.7 Å². The van der Waals surface area contributed by atoms with Gasteiger partial charge in [-0.25, -0.2) is 0 Å². The number of hydrogen-bond acceptors (Lipinski definition) is 6. The summed E-state index contributed by atoms with van der Waals surface area (Å²) in [4.78, 5) is 15.0. The maximum Gasteiger partial charge on any atom is 0.287 e. The van der Waals surface area contributed by atoms with Crippen LogP contribution < -0.4 is 19.5 Å². The van der Waals surface area contributed by atoms with Crippen LogP contribution in [0.1, 0.15) is 33.0 Å². The molecule has 0 spiro atoms. The second-order valence-electron chi connectivity index (χ2n) is 8.58. The monoisotopic (exact) mass is 484 g/mol. The van der Waals surface area contributed by atoms with Crippen molar-refractivity contribution in [2.75, 3.05) is 13.9 Å². The molecule has 5 rings (SSSR count). The van der Waals surface area contributed by atoms with E-state index >= 15 is 0 Å². The van der Waals surface area contributed by atoms with Crippen LogP contribution in [0.15, 0.2) is 89.3 Å². The predicted octanol–water partition coefficient (Wildman–Crippen LogP) is 5.15. The standard InChI is InChI=1S/C29H28N2O5/c1-33-25-10-6-5-9-23(25)18-31(17-21-7-3-2-4-8-21)19-24-12-14-27(36-24)29(32)30-16-22-11-13-26-28(15-22)35-20-34-26/h2-15H,16-20H2,1H3,(H,30,32). The fraction of sp³-hybridized carbons (Fsp3) is 0.207. The van der Waals surface area contributed by atoms with Crippen molar-refractivity contribution in [1.29, 1.82) is 0 Å². The molecule has 36 heavy (non-hydrogen) atoms. The van der Waals surface area contributed by atoms with E-state index in [-0.39, 0.29) is 18.5 Å². The zero-order valence-electron chi connectivity index (χ0n) is 20.1. The quantitative estimate of drug-likeness (QED) is 0.336. The third-order valence-corrected chi connectivity index (χ3v) is 5.99. The molecule has 0 unspecified atom stereocenters. The summed E-state index contributed by atoms with van der Waals surface area (Å²) in [5.41, 5.74) is 3.20. The Labute approximate surface area is 210 Å². The largest absolute Gasteiger partial charge is 0.496 e. The highest BCUT2D eigenvalue weighted by Crippen LogP contribution is 2.32. The zero-order valence-corrected chi connectivity index (χ0v) is 20.1. The molecule has 0 bridgehead atoms. The molecule has 4 aromatic rings. The molecule has 0 aliphatic carbocycles. The Morgan fingerprint density at radius 1 is 0.861 bits per heavy atom. The minimum atomic E-state index is -0.266. The van der Waals surface area contributed by atoms with E-state index in [9.17, 15) is 4.79 Å². The van der Waals surface area contributed by atoms with Crippen molar-refractivity contribution in [3.05, 3.63) is 113 Å². The molecule has 0 saturated carbocycles. The molecule has 0 atom stereocenters. The lowest BCUT2D eigenvalue weighted by atomic mass is 10.1. The molecule has 3 aromatic carbocycles. The molecule has 0 fully saturated rings. The molecule has 0 radical (unpaired) electrons. The maximum atomic E-state index is 12.7. The van der Waals surface area contributed by atoms with Crippen molar-refractivity contribution in [3.63, 3.8) is 0 Å². The molecule has 7 nitrogen and oxygen atoms in total. The summed E-state index contributed by atoms with van der Waals surface area (Å²) >= 11 is 0. The number of methoxy groups -OCH3 is 1. The first-order chi connectivity index (χ1) is 17.7. The molecule has 2 heterocycles. The molecular weight excluding hydrogens is 456 g/mol. The molecule has 1 aliphatic rings. The van der Waals surface area contributed by atoms with Gasteiger partial charge in [0.15, 0.2) is 17.3 Å². The van der Waals surface area contributed by atoms with Gasteiger partial charge < -0.3 is 23.9 Å². The van der Waals surface area contributed by atoms with Crippen LogP contribution in [0.5, 0.6) is 17.2 Å². The predicted molar refractivity (Wildman–Crippen MR) is 135 cm³/mol. The van der Waals surface area contributed by atoms with Crippen LogP contribution in [0.25, 0.3) is 0 Å². The minimum Gasteiger partial charge on any atom is -0.496 e. The molecule has 1 N–H and O–H groups in total. The van der Waals surface area contributed by atoms with Crippen molar-refractivity contribution in [2.45, 2.75) is 26.2 Å². The van der Waals surface area contributed by atoms with Gasteiger partial charge in [-0.15, -0.1) is 0 Å². The maximum absolute atomic E-state index is 12.7. The van der Waals surface area contributed by atoms with Gasteiger partial charge in [0.05, 0.1) is 13.7 Å². The van der Waals surface area contributed by atoms with Gasteiger partial charge in [-0.1, -0.05) is 54.6 Å². The number of nitrogens with one attached hydrogen (secondary N) is 1. The average molecular weight is 485 g/mol. The Hall–Kier alpha value is -4.23. The van der Waals surface area contributed by atoms with E-state index in [2.05, 4.69) is 28.4 Å². The summed E-state index contributed by atoms with van der Waals surface area (Å²) in [6.45, 7) is 2.52. The lowest BCUT2D eigenvalue weighted by Crippen LogP contribution is -2.23. The van der Waals surface area contributed by atoms with E-state index < -0.39 is 0 Å². The van der Waals surface area contributed by atoms with Gasteiger partial charge in [0.2, 0.25) is 6.79 Å². The highest BCUT2D eigenvalue weighted by Gasteiger charge is 2.17. The van der Waals surface area contributed by atoms with Crippen LogP contribution in [-0.2, 0) is 26.2 Å². The summed E-state index contributed by atoms with van der Waals surface area (Å²) < 4.78 is 22.2. The number of benzene rings is 3. The number of hydrogen-bond donors (Lipinski definition) is 1. The topological polar surface area (TPSA) is 73.2 Å². The number of carbonyl (C=O) groups is 1. The summed E-state index contributed by atoms with van der Waals surface area (Å²) in [5, 5.41) is 2.91. The average Bonchev–Trinajstić information content (AvgIpc) is 3.57. The van der Waals surface area contributed by atoms with Crippen molar-refractivity contribution in [2.24, 2.45) is 0 Å². The van der Waals surface area contributed by atoms with Crippen LogP contribution in [0.3, 0.4) is 0 Å². The first kappa shape index (κ1) is 23.5. The number of furan rings is 1. The third-order valence-electron chi connectivity index (χ3n) is 5.99. The molecule has 7 heteroatoms. The SMILES string of the molecule is COc1ccccc1CN(Cc1ccccc1)Cc1ccc(C(=O)NCc2ccc3c(c2)OCO3)o1. The first-order valence-electron chi connectivity index (χ1n) is 11.8. The molecule has 1 amide bonds. The lowest BCUT2D eigenvalue weighted by molar-refractivity contribution is 0.0918. The fourth-order valence-electron chi connectivity index (χ4n) is 4.21. The number of amides is 1. The third kappa shape index (κ3) is 5.70. The van der Waals surface area contributed by atoms with Gasteiger partial charge in [-0.05, 0) is 41.5 Å². The van der Waals surface area contributed by atoms with Gasteiger partial charge in [-0.2, -0.15) is 0 Å². The first-order valence-corrected chi connectivity index (χ1v) is 11.8. The summed E-state index contributed by atoms with van der Waals surface area (Å²) in [7, 11) is 1.68. The van der Waals surface area contributed by atoms with Crippen LogP contribution in [0, 0.1) is 0 Å². The highest BCUT2D eigenvalue weighted by molar-refractivity contribution is 5.91. The van der Waals surface area contributed by atoms with Gasteiger partial charge in [0.25, 0.3) is 5.91 Å². The Balaban J connectivity index is 1.25. The van der Waals surface area contributed by atoms with Crippen molar-refractivity contribution in [1.82, 2.24) is 10.2 Å². The second kappa shape index (κ2) is 11.0. The molecule has 1 aliphatic heterocycles. The number of fused-ring (bicyclic) bond motifs is 1. The minimum absolute atomic E-state index is 0.221. The van der Waals surface area contributed by atoms with Crippen molar-refractivity contribution < 1.29 is 23.4 Å². The van der Waals surface area contributed by atoms with E-state index in [4.69, 9.17) is 18.6 Å². The van der Waals surface area contributed by atoms with E-state index in [1.165, 1.54) is 5.56 Å². The Morgan fingerprint density at radius 3 is 2.53 bits per heavy atom. The number of ether oxygens (including phenoxy) is 3. The lowest BCUT2D eigenvalue weighted by Gasteiger charge is -2.22. The van der Waals surface area contributed by atoms with Gasteiger partial charge in [0.1, 0.15) is 11.5 Å². The molecule has 1 aromatic heterocycles. The molecular formula is C29H28N2O5. The normalized spacial score (nSPS) is 12.1. The van der Waals surface area contributed by atoms with Gasteiger partial charge in [0, 0.05) is 25.2 Å². The van der Waals surface area contributed by atoms with Crippen LogP contribution in [0.2, 0.25) is 0 Å². The van der Waals surface area contributed by atoms with Crippen molar-refractivity contribution in [3.8, 4) is 17.2 Å². The van der Waals surface area contributed by atoms with E-state index in [0.717, 1.165) is 23.4 Å². The second-order valence-corrected chi connectivity index (χ2v) is 8.58. The zero-order chi connectivity index (χ0) is 24.7. The highest BCUT2D eigenvalue weighted by atomic mass is 16.7. The smallest absolute Gasteiger partial charge is 0.287 e. The summed E-state index contributed by atoms with van der Waals surface area (Å²) in [6, 6.07) is 27.5. The number of carbonyl (C=O) groups excluding carboxylic acids is 1. The number of rotatable bonds is 10. The van der Waals surface area contributed by atoms with Crippen LogP contribution >= 0.6 is 0 Å². The Morgan fingerprint density at radius 2 is 1.67 bits per heavy atom. The Kier molecular flexibility index (Phi) is 7.19. The van der Waals surface area contributed by atoms with E-state index in [1.54, 1.807) is 13.2 Å². The summed E-state index contributed by atoms with van der Waals surface area (Å²) in [5.74, 6) is 2.98. The number of nitrogens with zero attached hydrogens (tertiary/aromatic N) is 1. The molecule has 0 saturated heterocycles. The fourth-order valence-corrected chi connectivity index (χ4v) is 4.21. The van der Waals surface area contributed by atoms with Gasteiger partial charge in [-0.3, -0.25) is 9.69 Å². The van der Waals surface area contributed by atoms with Crippen LogP contribution in [-0.4, -0.2) is 24.7 Å². The van der Waals surface area contributed by atoms with Crippen molar-refractivity contribution >= 4 is 5.91 Å². The van der Waals surface area contributed by atoms with Gasteiger partial charge >= 0.3 is 0 Å². The Bertz CT molecular complexity index is 1320. The number of para-hydroxylation sites is 1. The van der Waals surface area contributed by atoms with Crippen LogP contribution in [0.4, 0.5) is 0 Å². The molecule has 184 valence electrons. The summed E-state index contributed by atoms with van der Waals surface area (Å²) in [6.07, 6.45) is 0.